The number of hydrogen-bond donors (Lipinski definition) is 5. The van der Waals surface area contributed by atoms with E-state index in [-0.39, 0.29) is 18.4 Å². The summed E-state index contributed by atoms with van der Waals surface area (Å²) in [6, 6.07) is 14.8. The van der Waals surface area contributed by atoms with Crippen molar-refractivity contribution in [1.82, 2.24) is 25.5 Å². The minimum absolute atomic E-state index is 0.0683. The molecule has 2 aromatic carbocycles. The van der Waals surface area contributed by atoms with Crippen LogP contribution >= 0.6 is 0 Å². The number of benzene rings is 2. The molecule has 3 rings (SSSR count). The van der Waals surface area contributed by atoms with Gasteiger partial charge < -0.3 is 31.9 Å². The molecule has 3 amide bonds. The lowest BCUT2D eigenvalue weighted by molar-refractivity contribution is -0.123. The van der Waals surface area contributed by atoms with E-state index < -0.39 is 5.91 Å². The number of anilines is 3. The maximum atomic E-state index is 12.1. The van der Waals surface area contributed by atoms with Crippen molar-refractivity contribution < 1.29 is 14.4 Å². The molecule has 6 N–H and O–H groups in total. The van der Waals surface area contributed by atoms with E-state index in [0.717, 1.165) is 35.3 Å². The maximum Gasteiger partial charge on any atom is 0.248 e. The van der Waals surface area contributed by atoms with Crippen LogP contribution in [0.15, 0.2) is 66.9 Å². The van der Waals surface area contributed by atoms with Crippen molar-refractivity contribution >= 4 is 35.2 Å². The Hall–Kier alpha value is -4.77. The number of hydrogen-bond acceptors (Lipinski definition) is 8. The molecule has 0 aliphatic heterocycles. The normalized spacial score (nSPS) is 10.9. The molecule has 0 spiro atoms. The van der Waals surface area contributed by atoms with Crippen LogP contribution in [-0.4, -0.2) is 72.9 Å². The molecular weight excluding hydrogens is 520 g/mol. The first-order valence-corrected chi connectivity index (χ1v) is 13.5. The number of nitrogens with two attached hydrogens (primary N) is 1. The van der Waals surface area contributed by atoms with Gasteiger partial charge in [-0.3, -0.25) is 14.4 Å². The van der Waals surface area contributed by atoms with Crippen LogP contribution < -0.4 is 27.0 Å². The average Bonchev–Trinajstić information content (AvgIpc) is 2.95. The zero-order valence-corrected chi connectivity index (χ0v) is 23.7. The van der Waals surface area contributed by atoms with Crippen LogP contribution in [0.5, 0.6) is 0 Å². The van der Waals surface area contributed by atoms with Gasteiger partial charge in [0, 0.05) is 48.7 Å². The van der Waals surface area contributed by atoms with E-state index in [1.54, 1.807) is 36.5 Å². The minimum atomic E-state index is -0.482. The van der Waals surface area contributed by atoms with Gasteiger partial charge in [0.25, 0.3) is 0 Å². The molecule has 0 atom stereocenters. The molecule has 0 unspecified atom stereocenters. The molecule has 0 bridgehead atoms. The molecule has 1 heterocycles. The molecule has 41 heavy (non-hydrogen) atoms. The Morgan fingerprint density at radius 1 is 0.976 bits per heavy atom. The van der Waals surface area contributed by atoms with Crippen molar-refractivity contribution in [2.45, 2.75) is 19.8 Å². The van der Waals surface area contributed by atoms with Gasteiger partial charge >= 0.3 is 0 Å². The SMILES string of the molecule is CCCNc1nc(Nc2ccc(C(N)=O)cc2)ncc1-c1ccc(CCNC(=O)CNC(=O)/C=C/CN(C)C)cc1. The smallest absolute Gasteiger partial charge is 0.248 e. The summed E-state index contributed by atoms with van der Waals surface area (Å²) in [6.45, 7) is 3.87. The van der Waals surface area contributed by atoms with Crippen molar-refractivity contribution in [3.63, 3.8) is 0 Å². The lowest BCUT2D eigenvalue weighted by atomic mass is 10.0. The predicted molar refractivity (Wildman–Crippen MR) is 162 cm³/mol. The van der Waals surface area contributed by atoms with Crippen molar-refractivity contribution in [2.75, 3.05) is 50.9 Å². The summed E-state index contributed by atoms with van der Waals surface area (Å²) < 4.78 is 0. The highest BCUT2D eigenvalue weighted by Crippen LogP contribution is 2.28. The van der Waals surface area contributed by atoms with E-state index in [1.807, 2.05) is 43.3 Å². The van der Waals surface area contributed by atoms with Gasteiger partial charge in [-0.15, -0.1) is 0 Å². The van der Waals surface area contributed by atoms with E-state index in [1.165, 1.54) is 6.08 Å². The lowest BCUT2D eigenvalue weighted by Crippen LogP contribution is -2.37. The monoisotopic (exact) mass is 558 g/mol. The molecule has 0 aliphatic rings. The summed E-state index contributed by atoms with van der Waals surface area (Å²) in [7, 11) is 3.82. The number of nitrogens with one attached hydrogen (secondary N) is 4. The van der Waals surface area contributed by atoms with Gasteiger partial charge in [0.05, 0.1) is 6.54 Å². The van der Waals surface area contributed by atoms with Crippen molar-refractivity contribution in [3.8, 4) is 11.1 Å². The number of aromatic nitrogens is 2. The summed E-state index contributed by atoms with van der Waals surface area (Å²) in [5.74, 6) is 0.113. The van der Waals surface area contributed by atoms with Crippen molar-refractivity contribution in [3.05, 3.63) is 78.0 Å². The summed E-state index contributed by atoms with van der Waals surface area (Å²) in [5.41, 5.74) is 9.36. The second-order valence-corrected chi connectivity index (χ2v) is 9.63. The second kappa shape index (κ2) is 15.7. The fourth-order valence-electron chi connectivity index (χ4n) is 3.74. The average molecular weight is 559 g/mol. The Kier molecular flexibility index (Phi) is 11.8. The topological polar surface area (TPSA) is 154 Å². The second-order valence-electron chi connectivity index (χ2n) is 9.63. The fourth-order valence-corrected chi connectivity index (χ4v) is 3.74. The Labute approximate surface area is 240 Å². The highest BCUT2D eigenvalue weighted by atomic mass is 16.2. The highest BCUT2D eigenvalue weighted by molar-refractivity contribution is 5.93. The Bertz CT molecular complexity index is 1340. The quantitative estimate of drug-likeness (QED) is 0.178. The summed E-state index contributed by atoms with van der Waals surface area (Å²) in [6.07, 6.45) is 6.52. The minimum Gasteiger partial charge on any atom is -0.369 e. The van der Waals surface area contributed by atoms with E-state index >= 15 is 0 Å². The van der Waals surface area contributed by atoms with Crippen LogP contribution in [0, 0.1) is 0 Å². The van der Waals surface area contributed by atoms with Crippen LogP contribution in [0.2, 0.25) is 0 Å². The summed E-state index contributed by atoms with van der Waals surface area (Å²) in [4.78, 5) is 46.2. The number of primary amides is 1. The summed E-state index contributed by atoms with van der Waals surface area (Å²) in [5, 5.41) is 11.9. The molecule has 3 aromatic rings. The molecule has 0 fully saturated rings. The fraction of sp³-hybridized carbons (Fsp3) is 0.300. The molecule has 0 saturated carbocycles. The van der Waals surface area contributed by atoms with Crippen LogP contribution in [0.4, 0.5) is 17.5 Å². The van der Waals surface area contributed by atoms with Crippen molar-refractivity contribution in [2.24, 2.45) is 5.73 Å². The summed E-state index contributed by atoms with van der Waals surface area (Å²) >= 11 is 0. The standard InChI is InChI=1S/C30H38N8O3/c1-4-16-33-29-25(19-35-30(37-29)36-24-13-11-23(12-14-24)28(31)41)22-9-7-21(8-10-22)15-17-32-27(40)20-34-26(39)6-5-18-38(2)3/h5-14,19H,4,15-18,20H2,1-3H3,(H2,31,41)(H,32,40)(H,34,39)(H2,33,35,36,37)/b6-5+. The lowest BCUT2D eigenvalue weighted by Gasteiger charge is -2.13. The van der Waals surface area contributed by atoms with Crippen molar-refractivity contribution in [1.29, 1.82) is 0 Å². The number of nitrogens with zero attached hydrogens (tertiary/aromatic N) is 3. The van der Waals surface area contributed by atoms with Gasteiger partial charge in [-0.1, -0.05) is 37.3 Å². The largest absolute Gasteiger partial charge is 0.369 e. The molecule has 11 nitrogen and oxygen atoms in total. The van der Waals surface area contributed by atoms with E-state index in [0.29, 0.717) is 36.8 Å². The first-order valence-electron chi connectivity index (χ1n) is 13.5. The molecule has 1 aromatic heterocycles. The van der Waals surface area contributed by atoms with Gasteiger partial charge in [0.2, 0.25) is 23.7 Å². The first-order chi connectivity index (χ1) is 19.7. The molecule has 0 saturated heterocycles. The van der Waals surface area contributed by atoms with Gasteiger partial charge in [-0.05, 0) is 62.3 Å². The van der Waals surface area contributed by atoms with E-state index in [2.05, 4.69) is 38.2 Å². The van der Waals surface area contributed by atoms with Crippen LogP contribution in [0.1, 0.15) is 29.3 Å². The highest BCUT2D eigenvalue weighted by Gasteiger charge is 2.11. The van der Waals surface area contributed by atoms with Crippen LogP contribution in [-0.2, 0) is 16.0 Å². The Morgan fingerprint density at radius 3 is 2.37 bits per heavy atom. The molecular formula is C30H38N8O3. The number of carbonyl (C=O) groups is 3. The zero-order valence-electron chi connectivity index (χ0n) is 23.7. The Balaban J connectivity index is 1.56. The van der Waals surface area contributed by atoms with Gasteiger partial charge in [0.1, 0.15) is 5.82 Å². The van der Waals surface area contributed by atoms with Gasteiger partial charge in [-0.25, -0.2) is 4.98 Å². The Morgan fingerprint density at radius 2 is 1.71 bits per heavy atom. The van der Waals surface area contributed by atoms with E-state index in [4.69, 9.17) is 5.73 Å². The van der Waals surface area contributed by atoms with Crippen LogP contribution in [0.3, 0.4) is 0 Å². The molecule has 0 radical (unpaired) electrons. The zero-order chi connectivity index (χ0) is 29.6. The molecule has 216 valence electrons. The van der Waals surface area contributed by atoms with E-state index in [9.17, 15) is 14.4 Å². The van der Waals surface area contributed by atoms with Crippen LogP contribution in [0.25, 0.3) is 11.1 Å². The number of likely N-dealkylation sites (N-methyl/N-ethyl adjacent to an activating group) is 1. The van der Waals surface area contributed by atoms with Gasteiger partial charge in [-0.2, -0.15) is 4.98 Å². The number of rotatable bonds is 15. The molecule has 11 heteroatoms. The third-order valence-electron chi connectivity index (χ3n) is 5.92. The number of carbonyl (C=O) groups excluding carboxylic acids is 3. The first kappa shape index (κ1) is 30.8. The maximum absolute atomic E-state index is 12.1. The number of amides is 3. The van der Waals surface area contributed by atoms with Gasteiger partial charge in [0.15, 0.2) is 0 Å². The third-order valence-corrected chi connectivity index (χ3v) is 5.92. The molecule has 0 aliphatic carbocycles. The third kappa shape index (κ3) is 10.4. The predicted octanol–water partition coefficient (Wildman–Crippen LogP) is 2.70.